The van der Waals surface area contributed by atoms with E-state index in [4.69, 9.17) is 11.2 Å². The normalized spacial score (nSPS) is 13.3. The average Bonchev–Trinajstić information content (AvgIpc) is 1.98. The number of halogens is 1. The van der Waals surface area contributed by atoms with Crippen LogP contribution in [-0.2, 0) is 4.74 Å². The molecule has 0 aliphatic carbocycles. The molecule has 0 fully saturated rings. The number of rotatable bonds is 4. The van der Waals surface area contributed by atoms with Crippen LogP contribution in [-0.4, -0.2) is 18.0 Å². The molecule has 0 aliphatic heterocycles. The zero-order chi connectivity index (χ0) is 7.82. The van der Waals surface area contributed by atoms with Crippen molar-refractivity contribution in [1.82, 2.24) is 0 Å². The number of hydrogen-bond donors (Lipinski definition) is 0. The minimum atomic E-state index is -0.0834. The van der Waals surface area contributed by atoms with Gasteiger partial charge in [-0.15, -0.1) is 6.42 Å². The van der Waals surface area contributed by atoms with Gasteiger partial charge in [-0.1, -0.05) is 34.0 Å². The predicted octanol–water partition coefficient (Wildman–Crippen LogP) is 1.98. The molecule has 0 N–H and O–H groups in total. The zero-order valence-corrected chi connectivity index (χ0v) is 7.60. The van der Waals surface area contributed by atoms with Crippen LogP contribution in [0.4, 0.5) is 0 Å². The lowest BCUT2D eigenvalue weighted by molar-refractivity contribution is 0.130. The maximum Gasteiger partial charge on any atom is 0.115 e. The summed E-state index contributed by atoms with van der Waals surface area (Å²) in [5, 5.41) is 0.862. The zero-order valence-electron chi connectivity index (χ0n) is 6.01. The van der Waals surface area contributed by atoms with Crippen molar-refractivity contribution in [2.24, 2.45) is 0 Å². The molecule has 1 unspecified atom stereocenters. The van der Waals surface area contributed by atoms with E-state index >= 15 is 0 Å². The molecule has 56 valence electrons. The van der Waals surface area contributed by atoms with Gasteiger partial charge >= 0.3 is 0 Å². The monoisotopic (exact) mass is 202 g/mol. The molecule has 0 saturated heterocycles. The molecule has 0 bridgehead atoms. The Kier molecular flexibility index (Phi) is 6.68. The quantitative estimate of drug-likeness (QED) is 0.385. The number of ether oxygens (including phenoxy) is 1. The van der Waals surface area contributed by atoms with E-state index in [1.165, 1.54) is 0 Å². The van der Waals surface area contributed by atoms with Gasteiger partial charge in [0.1, 0.15) is 6.10 Å². The fraction of sp³-hybridized carbons (Fsp3) is 0.500. The number of hydrogen-bond acceptors (Lipinski definition) is 1. The summed E-state index contributed by atoms with van der Waals surface area (Å²) < 4.78 is 5.15. The van der Waals surface area contributed by atoms with Gasteiger partial charge in [0.15, 0.2) is 0 Å². The first-order chi connectivity index (χ1) is 4.81. The number of allylic oxidation sites excluding steroid dienone is 1. The fourth-order valence-electron chi connectivity index (χ4n) is 0.379. The summed E-state index contributed by atoms with van der Waals surface area (Å²) in [5.74, 6) is 2.47. The molecule has 1 nitrogen and oxygen atoms in total. The van der Waals surface area contributed by atoms with Crippen molar-refractivity contribution in [3.05, 3.63) is 12.2 Å². The molecule has 0 aliphatic rings. The van der Waals surface area contributed by atoms with Crippen molar-refractivity contribution in [3.8, 4) is 12.3 Å². The molecule has 0 saturated carbocycles. The Hall–Kier alpha value is -0.260. The molecule has 2 heteroatoms. The Balaban J connectivity index is 3.21. The first-order valence-electron chi connectivity index (χ1n) is 3.10. The van der Waals surface area contributed by atoms with Crippen molar-refractivity contribution < 1.29 is 4.74 Å². The summed E-state index contributed by atoms with van der Waals surface area (Å²) in [5.41, 5.74) is 0. The molecule has 0 spiro atoms. The molecule has 0 radical (unpaired) electrons. The number of terminal acetylenes is 1. The maximum absolute atomic E-state index is 5.15. The van der Waals surface area contributed by atoms with Gasteiger partial charge in [-0.3, -0.25) is 0 Å². The van der Waals surface area contributed by atoms with Crippen molar-refractivity contribution in [1.29, 1.82) is 0 Å². The van der Waals surface area contributed by atoms with Crippen LogP contribution in [0.5, 0.6) is 0 Å². The summed E-state index contributed by atoms with van der Waals surface area (Å²) in [6.07, 6.45) is 8.90. The minimum Gasteiger partial charge on any atom is -0.362 e. The van der Waals surface area contributed by atoms with Crippen LogP contribution in [0.3, 0.4) is 0 Å². The molecular weight excluding hydrogens is 192 g/mol. The third-order valence-electron chi connectivity index (χ3n) is 0.933. The highest BCUT2D eigenvalue weighted by atomic mass is 79.9. The lowest BCUT2D eigenvalue weighted by atomic mass is 10.4. The minimum absolute atomic E-state index is 0.0834. The van der Waals surface area contributed by atoms with Crippen LogP contribution in [0.1, 0.15) is 6.92 Å². The molecular formula is C8H11BrO. The molecule has 0 aromatic heterocycles. The van der Waals surface area contributed by atoms with Crippen molar-refractivity contribution in [2.75, 3.05) is 11.9 Å². The largest absolute Gasteiger partial charge is 0.362 e. The van der Waals surface area contributed by atoms with Gasteiger partial charge in [-0.05, 0) is 6.92 Å². The van der Waals surface area contributed by atoms with E-state index in [0.29, 0.717) is 6.61 Å². The van der Waals surface area contributed by atoms with E-state index in [2.05, 4.69) is 21.9 Å². The Morgan fingerprint density at radius 3 is 2.90 bits per heavy atom. The van der Waals surface area contributed by atoms with Crippen molar-refractivity contribution >= 4 is 15.9 Å². The van der Waals surface area contributed by atoms with E-state index in [0.717, 1.165) is 5.33 Å². The SMILES string of the molecule is C#CC(C)OC/C=C/CBr. The standard InChI is InChI=1S/C8H11BrO/c1-3-8(2)10-7-5-4-6-9/h1,4-5,8H,6-7H2,2H3/b5-4+. The molecule has 10 heavy (non-hydrogen) atoms. The van der Waals surface area contributed by atoms with E-state index in [1.54, 1.807) is 0 Å². The topological polar surface area (TPSA) is 9.23 Å². The molecule has 0 aromatic carbocycles. The summed E-state index contributed by atoms with van der Waals surface area (Å²) in [7, 11) is 0. The van der Waals surface area contributed by atoms with Gasteiger partial charge in [-0.2, -0.15) is 0 Å². The van der Waals surface area contributed by atoms with E-state index in [1.807, 2.05) is 19.1 Å². The van der Waals surface area contributed by atoms with Crippen LogP contribution >= 0.6 is 15.9 Å². The van der Waals surface area contributed by atoms with Crippen LogP contribution in [0.15, 0.2) is 12.2 Å². The lowest BCUT2D eigenvalue weighted by Crippen LogP contribution is -2.03. The summed E-state index contributed by atoms with van der Waals surface area (Å²) in [6, 6.07) is 0. The summed E-state index contributed by atoms with van der Waals surface area (Å²) >= 11 is 3.25. The first kappa shape index (κ1) is 9.74. The second kappa shape index (κ2) is 6.85. The maximum atomic E-state index is 5.15. The molecule has 0 heterocycles. The van der Waals surface area contributed by atoms with Crippen molar-refractivity contribution in [2.45, 2.75) is 13.0 Å². The van der Waals surface area contributed by atoms with Crippen LogP contribution in [0.2, 0.25) is 0 Å². The second-order valence-electron chi connectivity index (χ2n) is 1.77. The number of alkyl halides is 1. The van der Waals surface area contributed by atoms with Gasteiger partial charge in [0, 0.05) is 5.33 Å². The molecule has 1 atom stereocenters. The van der Waals surface area contributed by atoms with Gasteiger partial charge < -0.3 is 4.74 Å². The highest BCUT2D eigenvalue weighted by Gasteiger charge is 1.90. The fourth-order valence-corrected chi connectivity index (χ4v) is 0.643. The van der Waals surface area contributed by atoms with E-state index in [9.17, 15) is 0 Å². The van der Waals surface area contributed by atoms with Gasteiger partial charge in [0.2, 0.25) is 0 Å². The molecule has 0 rings (SSSR count). The Labute approximate surface area is 70.6 Å². The smallest absolute Gasteiger partial charge is 0.115 e. The predicted molar refractivity (Wildman–Crippen MR) is 47.2 cm³/mol. The third kappa shape index (κ3) is 5.87. The van der Waals surface area contributed by atoms with Gasteiger partial charge in [0.05, 0.1) is 6.61 Å². The lowest BCUT2D eigenvalue weighted by Gasteiger charge is -2.01. The van der Waals surface area contributed by atoms with E-state index < -0.39 is 0 Å². The first-order valence-corrected chi connectivity index (χ1v) is 4.22. The highest BCUT2D eigenvalue weighted by molar-refractivity contribution is 9.09. The van der Waals surface area contributed by atoms with Gasteiger partial charge in [-0.25, -0.2) is 0 Å². The summed E-state index contributed by atoms with van der Waals surface area (Å²) in [6.45, 7) is 2.44. The Bertz CT molecular complexity index is 135. The summed E-state index contributed by atoms with van der Waals surface area (Å²) in [4.78, 5) is 0. The average molecular weight is 203 g/mol. The molecule has 0 aromatic rings. The third-order valence-corrected chi connectivity index (χ3v) is 1.31. The van der Waals surface area contributed by atoms with Gasteiger partial charge in [0.25, 0.3) is 0 Å². The highest BCUT2D eigenvalue weighted by Crippen LogP contribution is 1.88. The molecule has 0 amide bonds. The van der Waals surface area contributed by atoms with Crippen LogP contribution in [0.25, 0.3) is 0 Å². The van der Waals surface area contributed by atoms with E-state index in [-0.39, 0.29) is 6.10 Å². The van der Waals surface area contributed by atoms with Crippen molar-refractivity contribution in [3.63, 3.8) is 0 Å². The van der Waals surface area contributed by atoms with Crippen LogP contribution in [0, 0.1) is 12.3 Å². The van der Waals surface area contributed by atoms with Crippen LogP contribution < -0.4 is 0 Å². The Morgan fingerprint density at radius 1 is 1.70 bits per heavy atom. The second-order valence-corrected chi connectivity index (χ2v) is 2.42. The Morgan fingerprint density at radius 2 is 2.40 bits per heavy atom.